The zero-order chi connectivity index (χ0) is 21.7. The number of likely N-dealkylation sites (tertiary alicyclic amines) is 2. The molecule has 5 heterocycles. The van der Waals surface area contributed by atoms with Gasteiger partial charge in [0, 0.05) is 49.9 Å². The number of nitrogens with zero attached hydrogens (tertiary/aromatic N) is 6. The lowest BCUT2D eigenvalue weighted by Crippen LogP contribution is -2.58. The van der Waals surface area contributed by atoms with Crippen LogP contribution >= 0.6 is 0 Å². The van der Waals surface area contributed by atoms with Gasteiger partial charge < -0.3 is 15.5 Å². The van der Waals surface area contributed by atoms with Crippen molar-refractivity contribution in [2.45, 2.75) is 62.9 Å². The van der Waals surface area contributed by atoms with E-state index in [-0.39, 0.29) is 18.0 Å². The first-order valence-corrected chi connectivity index (χ1v) is 11.9. The molecule has 1 amide bonds. The quantitative estimate of drug-likeness (QED) is 0.654. The maximum absolute atomic E-state index is 13.3. The highest BCUT2D eigenvalue weighted by Crippen LogP contribution is 2.40. The highest BCUT2D eigenvalue weighted by Gasteiger charge is 2.39. The number of hydrazine groups is 1. The van der Waals surface area contributed by atoms with E-state index in [1.54, 1.807) is 0 Å². The first-order chi connectivity index (χ1) is 15.7. The highest BCUT2D eigenvalue weighted by atomic mass is 16.2. The summed E-state index contributed by atoms with van der Waals surface area (Å²) in [7, 11) is 0. The Bertz CT molecular complexity index is 991. The van der Waals surface area contributed by atoms with Crippen LogP contribution in [0.25, 0.3) is 0 Å². The van der Waals surface area contributed by atoms with Crippen molar-refractivity contribution < 1.29 is 4.79 Å². The van der Waals surface area contributed by atoms with E-state index in [1.807, 2.05) is 11.0 Å². The number of carbonyl (C=O) groups is 1. The summed E-state index contributed by atoms with van der Waals surface area (Å²) in [5.74, 6) is 2.80. The van der Waals surface area contributed by atoms with Crippen molar-refractivity contribution in [3.8, 4) is 0 Å². The fourth-order valence-corrected chi connectivity index (χ4v) is 5.20. The molecule has 10 heteroatoms. The molecular weight excluding hydrogens is 406 g/mol. The number of piperidine rings is 1. The van der Waals surface area contributed by atoms with Crippen LogP contribution in [0.2, 0.25) is 0 Å². The molecule has 1 saturated carbocycles. The van der Waals surface area contributed by atoms with Gasteiger partial charge in [-0.1, -0.05) is 6.08 Å². The van der Waals surface area contributed by atoms with E-state index in [1.165, 1.54) is 12.8 Å². The van der Waals surface area contributed by atoms with Crippen molar-refractivity contribution in [1.29, 1.82) is 0 Å². The predicted molar refractivity (Wildman–Crippen MR) is 121 cm³/mol. The third kappa shape index (κ3) is 3.66. The van der Waals surface area contributed by atoms with Gasteiger partial charge in [0.15, 0.2) is 11.7 Å². The van der Waals surface area contributed by atoms with Crippen molar-refractivity contribution in [2.24, 2.45) is 15.7 Å². The summed E-state index contributed by atoms with van der Waals surface area (Å²) < 4.78 is 0. The molecule has 5 aliphatic rings. The van der Waals surface area contributed by atoms with E-state index in [2.05, 4.69) is 31.6 Å². The average molecular weight is 438 g/mol. The number of aromatic amines is 1. The second-order valence-electron chi connectivity index (χ2n) is 9.51. The third-order valence-electron chi connectivity index (χ3n) is 7.06. The Morgan fingerprint density at radius 3 is 2.88 bits per heavy atom. The van der Waals surface area contributed by atoms with Crippen LogP contribution in [0.3, 0.4) is 0 Å². The molecule has 0 radical (unpaired) electrons. The van der Waals surface area contributed by atoms with E-state index in [0.29, 0.717) is 30.1 Å². The first-order valence-electron chi connectivity index (χ1n) is 11.9. The minimum Gasteiger partial charge on any atom is -0.339 e. The van der Waals surface area contributed by atoms with Crippen LogP contribution in [-0.2, 0) is 4.79 Å². The van der Waals surface area contributed by atoms with Gasteiger partial charge in [-0.25, -0.2) is 4.99 Å². The number of fused-ring (bicyclic) bond motifs is 1. The number of hydrogen-bond donors (Lipinski definition) is 3. The van der Waals surface area contributed by atoms with E-state index in [9.17, 15) is 4.79 Å². The number of rotatable bonds is 3. The smallest absolute Gasteiger partial charge is 0.245 e. The van der Waals surface area contributed by atoms with Crippen molar-refractivity contribution in [3.63, 3.8) is 0 Å². The lowest BCUT2D eigenvalue weighted by Gasteiger charge is -2.38. The third-order valence-corrected chi connectivity index (χ3v) is 7.06. The first kappa shape index (κ1) is 19.8. The molecule has 1 aromatic rings. The van der Waals surface area contributed by atoms with Gasteiger partial charge in [-0.2, -0.15) is 10.1 Å². The molecule has 32 heavy (non-hydrogen) atoms. The zero-order valence-corrected chi connectivity index (χ0v) is 18.3. The minimum absolute atomic E-state index is 0.0816. The molecule has 6 rings (SSSR count). The summed E-state index contributed by atoms with van der Waals surface area (Å²) in [6.07, 6.45) is 9.30. The number of hydrogen-bond acceptors (Lipinski definition) is 7. The molecule has 2 atom stereocenters. The van der Waals surface area contributed by atoms with Crippen LogP contribution in [0.15, 0.2) is 27.8 Å². The summed E-state index contributed by atoms with van der Waals surface area (Å²) in [5, 5.41) is 9.60. The topological polar surface area (TPSA) is 118 Å². The number of aliphatic imine (C=N–C) groups is 2. The number of amides is 1. The number of nitrogens with two attached hydrogens (primary N) is 1. The second-order valence-corrected chi connectivity index (χ2v) is 9.51. The summed E-state index contributed by atoms with van der Waals surface area (Å²) in [4.78, 5) is 27.1. The Morgan fingerprint density at radius 2 is 2.03 bits per heavy atom. The number of aromatic nitrogens is 2. The van der Waals surface area contributed by atoms with Gasteiger partial charge in [0.2, 0.25) is 11.9 Å². The predicted octanol–water partition coefficient (Wildman–Crippen LogP) is 1.20. The normalized spacial score (nSPS) is 29.2. The van der Waals surface area contributed by atoms with Crippen LogP contribution in [0.1, 0.15) is 56.6 Å². The monoisotopic (exact) mass is 437 g/mol. The number of guanidine groups is 1. The Morgan fingerprint density at radius 1 is 1.16 bits per heavy atom. The Hall–Kier alpha value is -2.88. The van der Waals surface area contributed by atoms with Gasteiger partial charge in [-0.05, 0) is 44.9 Å². The molecule has 0 spiro atoms. The number of H-pyrrole nitrogens is 1. The minimum atomic E-state index is -0.201. The fourth-order valence-electron chi connectivity index (χ4n) is 5.20. The lowest BCUT2D eigenvalue weighted by molar-refractivity contribution is -0.136. The molecule has 0 bridgehead atoms. The van der Waals surface area contributed by atoms with Gasteiger partial charge >= 0.3 is 0 Å². The average Bonchev–Trinajstić information content (AvgIpc) is 3.19. The largest absolute Gasteiger partial charge is 0.339 e. The molecule has 2 saturated heterocycles. The molecule has 1 aromatic heterocycles. The number of nitrogens with one attached hydrogen (secondary N) is 2. The molecule has 10 nitrogen and oxygen atoms in total. The highest BCUT2D eigenvalue weighted by molar-refractivity contribution is 6.09. The summed E-state index contributed by atoms with van der Waals surface area (Å²) in [5.41, 5.74) is 11.7. The number of carbonyl (C=O) groups excluding carboxylic acids is 1. The molecule has 3 fully saturated rings. The van der Waals surface area contributed by atoms with E-state index < -0.39 is 0 Å². The van der Waals surface area contributed by atoms with E-state index in [4.69, 9.17) is 15.7 Å². The summed E-state index contributed by atoms with van der Waals surface area (Å²) in [6, 6.07) is 1.91. The summed E-state index contributed by atoms with van der Waals surface area (Å²) in [6.45, 7) is 3.10. The van der Waals surface area contributed by atoms with Gasteiger partial charge in [-0.3, -0.25) is 20.3 Å². The van der Waals surface area contributed by atoms with Crippen LogP contribution in [-0.4, -0.2) is 81.0 Å². The molecule has 4 N–H and O–H groups in total. The second kappa shape index (κ2) is 7.91. The Kier molecular flexibility index (Phi) is 4.89. The van der Waals surface area contributed by atoms with Crippen LogP contribution in [0.4, 0.5) is 5.82 Å². The maximum Gasteiger partial charge on any atom is 0.245 e. The lowest BCUT2D eigenvalue weighted by atomic mass is 10.0. The molecule has 0 unspecified atom stereocenters. The number of amidine groups is 1. The molecular formula is C22H31N9O. The van der Waals surface area contributed by atoms with Crippen molar-refractivity contribution in [2.75, 3.05) is 26.2 Å². The zero-order valence-electron chi connectivity index (χ0n) is 18.3. The van der Waals surface area contributed by atoms with E-state index >= 15 is 0 Å². The van der Waals surface area contributed by atoms with Crippen LogP contribution in [0.5, 0.6) is 0 Å². The Balaban J connectivity index is 1.27. The maximum atomic E-state index is 13.3. The van der Waals surface area contributed by atoms with Crippen molar-refractivity contribution >= 4 is 23.5 Å². The van der Waals surface area contributed by atoms with Gasteiger partial charge in [0.05, 0.1) is 5.70 Å². The molecule has 4 aliphatic heterocycles. The standard InChI is InChI=1S/C22H31N9O/c23-15-4-1-9-29(13-15)21(32)18-6-2-10-30(18)22-25-20(17-5-3-11-31(17)28-22)24-19-12-16(26-27-19)14-7-8-14/h5,12,14-15,18H,1-4,6-11,13,23H2,(H2,24,25,26,27,28)/t15-,18+/m1/s1. The van der Waals surface area contributed by atoms with Crippen LogP contribution in [0, 0.1) is 0 Å². The SMILES string of the molecule is N[C@@H]1CCCN(C(=O)[C@@H]2CCCN2C2=NC(=Nc3cc(C4CC4)[nH]n3)C3=CCCN3N2)C1. The Labute approximate surface area is 187 Å². The summed E-state index contributed by atoms with van der Waals surface area (Å²) >= 11 is 0. The van der Waals surface area contributed by atoms with Gasteiger partial charge in [0.1, 0.15) is 6.04 Å². The van der Waals surface area contributed by atoms with Gasteiger partial charge in [0.25, 0.3) is 0 Å². The fraction of sp³-hybridized carbons (Fsp3) is 0.636. The molecule has 170 valence electrons. The van der Waals surface area contributed by atoms with E-state index in [0.717, 1.165) is 63.1 Å². The molecule has 0 aromatic carbocycles. The van der Waals surface area contributed by atoms with Crippen molar-refractivity contribution in [1.82, 2.24) is 30.4 Å². The molecule has 1 aliphatic carbocycles. The van der Waals surface area contributed by atoms with Gasteiger partial charge in [-0.15, -0.1) is 0 Å². The van der Waals surface area contributed by atoms with Crippen LogP contribution < -0.4 is 11.2 Å². The van der Waals surface area contributed by atoms with Crippen molar-refractivity contribution in [3.05, 3.63) is 23.5 Å².